The fourth-order valence-electron chi connectivity index (χ4n) is 3.25. The van der Waals surface area contributed by atoms with Crippen molar-refractivity contribution in [1.29, 1.82) is 0 Å². The Morgan fingerprint density at radius 3 is 2.44 bits per heavy atom. The lowest BCUT2D eigenvalue weighted by Gasteiger charge is -2.19. The molecule has 0 unspecified atom stereocenters. The van der Waals surface area contributed by atoms with E-state index in [4.69, 9.17) is 0 Å². The normalized spacial score (nSPS) is 15.7. The average Bonchev–Trinajstić information content (AvgIpc) is 2.70. The van der Waals surface area contributed by atoms with Crippen molar-refractivity contribution in [1.82, 2.24) is 0 Å². The van der Waals surface area contributed by atoms with Crippen molar-refractivity contribution in [3.05, 3.63) is 64.7 Å². The Morgan fingerprint density at radius 1 is 0.889 bits per heavy atom. The SMILES string of the molecule is Cc1c(C2=CCC2)ccc2c1Cc1ccccc1-2. The molecule has 88 valence electrons. The van der Waals surface area contributed by atoms with Gasteiger partial charge in [0.25, 0.3) is 0 Å². The number of rotatable bonds is 1. The number of allylic oxidation sites excluding steroid dienone is 2. The summed E-state index contributed by atoms with van der Waals surface area (Å²) in [5, 5.41) is 0. The molecule has 2 aromatic rings. The zero-order valence-corrected chi connectivity index (χ0v) is 10.7. The molecule has 2 aromatic carbocycles. The molecule has 0 heteroatoms. The minimum Gasteiger partial charge on any atom is -0.0804 e. The first kappa shape index (κ1) is 10.1. The van der Waals surface area contributed by atoms with Gasteiger partial charge in [0.15, 0.2) is 0 Å². The zero-order chi connectivity index (χ0) is 12.1. The molecular weight excluding hydrogens is 216 g/mol. The van der Waals surface area contributed by atoms with Crippen LogP contribution in [0.3, 0.4) is 0 Å². The third kappa shape index (κ3) is 1.26. The Balaban J connectivity index is 1.92. The maximum absolute atomic E-state index is 2.37. The van der Waals surface area contributed by atoms with E-state index in [2.05, 4.69) is 49.4 Å². The van der Waals surface area contributed by atoms with Gasteiger partial charge in [-0.15, -0.1) is 0 Å². The lowest BCUT2D eigenvalue weighted by atomic mass is 9.86. The van der Waals surface area contributed by atoms with Gasteiger partial charge in [0, 0.05) is 0 Å². The minimum atomic E-state index is 1.11. The van der Waals surface area contributed by atoms with Crippen LogP contribution in [0.1, 0.15) is 35.1 Å². The zero-order valence-electron chi connectivity index (χ0n) is 10.7. The second-order valence-electron chi connectivity index (χ2n) is 5.37. The second-order valence-corrected chi connectivity index (χ2v) is 5.37. The van der Waals surface area contributed by atoms with Gasteiger partial charge in [-0.05, 0) is 65.1 Å². The van der Waals surface area contributed by atoms with E-state index < -0.39 is 0 Å². The molecule has 0 aromatic heterocycles. The van der Waals surface area contributed by atoms with E-state index in [-0.39, 0.29) is 0 Å². The second kappa shape index (κ2) is 3.58. The van der Waals surface area contributed by atoms with E-state index in [1.807, 2.05) is 0 Å². The first-order chi connectivity index (χ1) is 8.84. The van der Waals surface area contributed by atoms with Gasteiger partial charge in [-0.1, -0.05) is 42.5 Å². The van der Waals surface area contributed by atoms with Crippen LogP contribution in [0, 0.1) is 6.92 Å². The summed E-state index contributed by atoms with van der Waals surface area (Å²) in [7, 11) is 0. The van der Waals surface area contributed by atoms with Crippen molar-refractivity contribution in [3.8, 4) is 11.1 Å². The molecule has 0 radical (unpaired) electrons. The molecule has 0 saturated heterocycles. The van der Waals surface area contributed by atoms with E-state index >= 15 is 0 Å². The Labute approximate surface area is 108 Å². The van der Waals surface area contributed by atoms with Gasteiger partial charge in [-0.25, -0.2) is 0 Å². The minimum absolute atomic E-state index is 1.11. The van der Waals surface area contributed by atoms with Gasteiger partial charge in [-0.3, -0.25) is 0 Å². The van der Waals surface area contributed by atoms with Crippen LogP contribution < -0.4 is 0 Å². The van der Waals surface area contributed by atoms with Crippen molar-refractivity contribution < 1.29 is 0 Å². The molecule has 0 aliphatic heterocycles. The molecule has 18 heavy (non-hydrogen) atoms. The quantitative estimate of drug-likeness (QED) is 0.568. The Morgan fingerprint density at radius 2 is 1.67 bits per heavy atom. The largest absolute Gasteiger partial charge is 0.0804 e. The Bertz CT molecular complexity index is 674. The highest BCUT2D eigenvalue weighted by Gasteiger charge is 2.22. The summed E-state index contributed by atoms with van der Waals surface area (Å²) in [5.74, 6) is 0. The molecule has 0 atom stereocenters. The third-order valence-electron chi connectivity index (χ3n) is 4.42. The van der Waals surface area contributed by atoms with E-state index in [0.717, 1.165) is 6.42 Å². The molecular formula is C18H16. The fraction of sp³-hybridized carbons (Fsp3) is 0.222. The molecule has 0 nitrogen and oxygen atoms in total. The number of benzene rings is 2. The Kier molecular flexibility index (Phi) is 2.02. The molecule has 0 amide bonds. The summed E-state index contributed by atoms with van der Waals surface area (Å²) in [4.78, 5) is 0. The molecule has 2 aliphatic carbocycles. The monoisotopic (exact) mass is 232 g/mol. The number of fused-ring (bicyclic) bond motifs is 3. The fourth-order valence-corrected chi connectivity index (χ4v) is 3.25. The van der Waals surface area contributed by atoms with Crippen LogP contribution in [0.2, 0.25) is 0 Å². The van der Waals surface area contributed by atoms with E-state index in [1.54, 1.807) is 11.1 Å². The van der Waals surface area contributed by atoms with Crippen molar-refractivity contribution in [2.45, 2.75) is 26.2 Å². The molecule has 0 N–H and O–H groups in total. The first-order valence-electron chi connectivity index (χ1n) is 6.75. The molecule has 4 rings (SSSR count). The van der Waals surface area contributed by atoms with Crippen LogP contribution in [0.5, 0.6) is 0 Å². The van der Waals surface area contributed by atoms with Crippen molar-refractivity contribution >= 4 is 5.57 Å². The average molecular weight is 232 g/mol. The molecule has 0 saturated carbocycles. The van der Waals surface area contributed by atoms with E-state index in [0.29, 0.717) is 0 Å². The summed E-state index contributed by atoms with van der Waals surface area (Å²) in [5.41, 5.74) is 10.4. The van der Waals surface area contributed by atoms with Crippen LogP contribution >= 0.6 is 0 Å². The van der Waals surface area contributed by atoms with Crippen molar-refractivity contribution in [2.75, 3.05) is 0 Å². The lowest BCUT2D eigenvalue weighted by molar-refractivity contribution is 0.983. The van der Waals surface area contributed by atoms with Crippen LogP contribution in [-0.2, 0) is 6.42 Å². The summed E-state index contributed by atoms with van der Waals surface area (Å²) in [6, 6.07) is 13.4. The van der Waals surface area contributed by atoms with Gasteiger partial charge in [0.1, 0.15) is 0 Å². The predicted octanol–water partition coefficient (Wildman–Crippen LogP) is 4.74. The summed E-state index contributed by atoms with van der Waals surface area (Å²) >= 11 is 0. The molecule has 0 spiro atoms. The van der Waals surface area contributed by atoms with Crippen LogP contribution in [0.25, 0.3) is 16.7 Å². The van der Waals surface area contributed by atoms with Crippen molar-refractivity contribution in [3.63, 3.8) is 0 Å². The maximum Gasteiger partial charge on any atom is -0.00106 e. The van der Waals surface area contributed by atoms with Gasteiger partial charge >= 0.3 is 0 Å². The number of hydrogen-bond acceptors (Lipinski definition) is 0. The molecule has 2 aliphatic rings. The number of hydrogen-bond donors (Lipinski definition) is 0. The molecule has 0 heterocycles. The summed E-state index contributed by atoms with van der Waals surface area (Å²) in [6.45, 7) is 2.29. The highest BCUT2D eigenvalue weighted by atomic mass is 14.3. The van der Waals surface area contributed by atoms with Gasteiger partial charge in [0.05, 0.1) is 0 Å². The van der Waals surface area contributed by atoms with Gasteiger partial charge in [0.2, 0.25) is 0 Å². The summed E-state index contributed by atoms with van der Waals surface area (Å²) in [6.07, 6.45) is 5.99. The highest BCUT2D eigenvalue weighted by Crippen LogP contribution is 2.41. The summed E-state index contributed by atoms with van der Waals surface area (Å²) < 4.78 is 0. The van der Waals surface area contributed by atoms with E-state index in [9.17, 15) is 0 Å². The standard InChI is InChI=1S/C18H16/c1-12-15(13-6-4-7-13)9-10-17-16-8-3-2-5-14(16)11-18(12)17/h2-3,5-6,8-10H,4,7,11H2,1H3. The van der Waals surface area contributed by atoms with Gasteiger partial charge < -0.3 is 0 Å². The molecule has 0 bridgehead atoms. The first-order valence-corrected chi connectivity index (χ1v) is 6.75. The smallest absolute Gasteiger partial charge is 0.00106 e. The third-order valence-corrected chi connectivity index (χ3v) is 4.42. The predicted molar refractivity (Wildman–Crippen MR) is 76.6 cm³/mol. The van der Waals surface area contributed by atoms with Crippen LogP contribution in [-0.4, -0.2) is 0 Å². The topological polar surface area (TPSA) is 0 Å². The van der Waals surface area contributed by atoms with Gasteiger partial charge in [-0.2, -0.15) is 0 Å². The van der Waals surface area contributed by atoms with E-state index in [1.165, 1.54) is 40.7 Å². The Hall–Kier alpha value is -1.82. The maximum atomic E-state index is 2.37. The molecule has 0 fully saturated rings. The van der Waals surface area contributed by atoms with Crippen molar-refractivity contribution in [2.24, 2.45) is 0 Å². The highest BCUT2D eigenvalue weighted by molar-refractivity contribution is 5.82. The van der Waals surface area contributed by atoms with Crippen LogP contribution in [0.4, 0.5) is 0 Å². The lowest BCUT2D eigenvalue weighted by Crippen LogP contribution is -1.99. The van der Waals surface area contributed by atoms with Crippen LogP contribution in [0.15, 0.2) is 42.5 Å².